The number of hydrogen-bond acceptors (Lipinski definition) is 2. The summed E-state index contributed by atoms with van der Waals surface area (Å²) in [5.74, 6) is -1.22. The van der Waals surface area contributed by atoms with E-state index in [1.54, 1.807) is 33.3 Å². The van der Waals surface area contributed by atoms with E-state index in [1.165, 1.54) is 12.2 Å². The zero-order valence-electron chi connectivity index (χ0n) is 9.92. The molecule has 84 valence electrons. The van der Waals surface area contributed by atoms with Crippen molar-refractivity contribution in [2.24, 2.45) is 5.41 Å². The summed E-state index contributed by atoms with van der Waals surface area (Å²) in [4.78, 5) is 9.91. The van der Waals surface area contributed by atoms with Gasteiger partial charge in [-0.1, -0.05) is 20.8 Å². The van der Waals surface area contributed by atoms with Crippen LogP contribution in [0.3, 0.4) is 0 Å². The maximum absolute atomic E-state index is 12.1. The fourth-order valence-electron chi connectivity index (χ4n) is 0.484. The molecule has 1 rings (SSSR count). The largest absolute Gasteiger partial charge is 2.00 e. The second kappa shape index (κ2) is 7.40. The van der Waals surface area contributed by atoms with E-state index < -0.39 is 11.4 Å². The molecule has 0 saturated heterocycles. The minimum atomic E-state index is -1.01. The molecule has 0 aliphatic heterocycles. The van der Waals surface area contributed by atoms with Crippen molar-refractivity contribution in [1.29, 1.82) is 0 Å². The van der Waals surface area contributed by atoms with E-state index in [0.717, 1.165) is 5.57 Å². The predicted molar refractivity (Wildman–Crippen MR) is 56.2 cm³/mol. The summed E-state index contributed by atoms with van der Waals surface area (Å²) >= 11 is 0. The normalized spacial score (nSPS) is 13.8. The van der Waals surface area contributed by atoms with Crippen molar-refractivity contribution in [3.63, 3.8) is 0 Å². The van der Waals surface area contributed by atoms with E-state index in [4.69, 9.17) is 0 Å². The molecule has 16 heavy (non-hydrogen) atoms. The van der Waals surface area contributed by atoms with E-state index in [-0.39, 0.29) is 25.3 Å². The number of carboxylic acid groups (broad SMARTS) is 1. The van der Waals surface area contributed by atoms with Gasteiger partial charge in [-0.25, -0.2) is 0 Å². The van der Waals surface area contributed by atoms with Crippen molar-refractivity contribution >= 4 is 5.97 Å². The summed E-state index contributed by atoms with van der Waals surface area (Å²) in [6, 6.07) is 0. The summed E-state index contributed by atoms with van der Waals surface area (Å²) in [6.45, 7) is 8.39. The Balaban J connectivity index is 0. The van der Waals surface area contributed by atoms with Crippen LogP contribution in [0.1, 0.15) is 20.8 Å². The Morgan fingerprint density at radius 2 is 1.88 bits per heavy atom. The summed E-state index contributed by atoms with van der Waals surface area (Å²) in [7, 11) is 0. The molecule has 1 aliphatic rings. The summed E-state index contributed by atoms with van der Waals surface area (Å²) in [6.07, 6.45) is 6.05. The summed E-state index contributed by atoms with van der Waals surface area (Å²) in [5.41, 5.74) is 0.145. The number of allylic oxidation sites excluding steroid dienone is 5. The Bertz CT molecular complexity index is 309. The molecule has 0 amide bonds. The molecule has 0 spiro atoms. The van der Waals surface area contributed by atoms with E-state index in [2.05, 4.69) is 6.58 Å². The number of aliphatic carboxylic acids is 1. The Morgan fingerprint density at radius 1 is 1.44 bits per heavy atom. The smallest absolute Gasteiger partial charge is 0.550 e. The molecule has 0 fully saturated rings. The average Bonchev–Trinajstić information content (AvgIpc) is 2.09. The SMILES string of the molecule is C=C1C=CC(F)=C[CH-]1.CC(C)(C)C(=O)[O-].[Zn+2]. The molecule has 0 heterocycles. The van der Waals surface area contributed by atoms with Crippen LogP contribution in [0.2, 0.25) is 0 Å². The first-order valence-corrected chi connectivity index (χ1v) is 4.52. The van der Waals surface area contributed by atoms with Crippen molar-refractivity contribution in [1.82, 2.24) is 0 Å². The van der Waals surface area contributed by atoms with Crippen LogP contribution in [0.5, 0.6) is 0 Å². The number of carboxylic acids is 1. The van der Waals surface area contributed by atoms with Crippen LogP contribution in [0.4, 0.5) is 4.39 Å². The van der Waals surface area contributed by atoms with Gasteiger partial charge in [0.1, 0.15) is 0 Å². The van der Waals surface area contributed by atoms with E-state index in [1.807, 2.05) is 0 Å². The maximum atomic E-state index is 12.1. The van der Waals surface area contributed by atoms with Gasteiger partial charge in [-0.2, -0.15) is 12.2 Å². The van der Waals surface area contributed by atoms with Gasteiger partial charge in [0.2, 0.25) is 0 Å². The van der Waals surface area contributed by atoms with Crippen LogP contribution in [0, 0.1) is 11.8 Å². The molecule has 0 aromatic heterocycles. The fraction of sp³-hybridized carbons (Fsp3) is 0.333. The summed E-state index contributed by atoms with van der Waals surface area (Å²) < 4.78 is 12.1. The monoisotopic (exact) mass is 274 g/mol. The fourth-order valence-corrected chi connectivity index (χ4v) is 0.484. The maximum Gasteiger partial charge on any atom is 2.00 e. The predicted octanol–water partition coefficient (Wildman–Crippen LogP) is 1.95. The van der Waals surface area contributed by atoms with Crippen molar-refractivity contribution < 1.29 is 33.8 Å². The number of hydrogen-bond donors (Lipinski definition) is 0. The third-order valence-electron chi connectivity index (χ3n) is 1.53. The molecule has 1 aliphatic carbocycles. The molecule has 0 aromatic carbocycles. The third-order valence-corrected chi connectivity index (χ3v) is 1.53. The first-order chi connectivity index (χ1) is 6.73. The number of carbonyl (C=O) groups is 1. The van der Waals surface area contributed by atoms with E-state index in [0.29, 0.717) is 0 Å². The first kappa shape index (κ1) is 17.5. The molecular weight excluding hydrogens is 261 g/mol. The Morgan fingerprint density at radius 3 is 2.06 bits per heavy atom. The second-order valence-electron chi connectivity index (χ2n) is 4.16. The van der Waals surface area contributed by atoms with Crippen molar-refractivity contribution in [2.45, 2.75) is 20.8 Å². The molecule has 4 heteroatoms. The molecule has 0 saturated carbocycles. The van der Waals surface area contributed by atoms with Gasteiger partial charge in [0.15, 0.2) is 0 Å². The van der Waals surface area contributed by atoms with Gasteiger partial charge in [0.05, 0.1) is 0 Å². The van der Waals surface area contributed by atoms with Crippen LogP contribution < -0.4 is 5.11 Å². The second-order valence-corrected chi connectivity index (χ2v) is 4.16. The molecular formula is C12H15FO2Zn. The standard InChI is InChI=1S/C7H6F.C5H10O2.Zn/c1-6-2-4-7(8)5-3-6;1-5(2,3)4(6)7;/h2-5H,1H2;1-3H3,(H,6,7);/q-1;;+2/p-1. The Kier molecular flexibility index (Phi) is 8.09. The van der Waals surface area contributed by atoms with Gasteiger partial charge in [-0.15, -0.1) is 24.6 Å². The van der Waals surface area contributed by atoms with Crippen LogP contribution in [-0.2, 0) is 24.3 Å². The first-order valence-electron chi connectivity index (χ1n) is 4.52. The molecule has 2 nitrogen and oxygen atoms in total. The van der Waals surface area contributed by atoms with Crippen LogP contribution in [0.15, 0.2) is 36.2 Å². The molecule has 0 aromatic rings. The molecule has 0 bridgehead atoms. The van der Waals surface area contributed by atoms with Gasteiger partial charge >= 0.3 is 19.5 Å². The zero-order chi connectivity index (χ0) is 12.1. The van der Waals surface area contributed by atoms with Crippen molar-refractivity contribution in [2.75, 3.05) is 0 Å². The van der Waals surface area contributed by atoms with E-state index in [9.17, 15) is 14.3 Å². The minimum absolute atomic E-state index is 0. The van der Waals surface area contributed by atoms with Crippen LogP contribution in [0.25, 0.3) is 0 Å². The minimum Gasteiger partial charge on any atom is -0.550 e. The number of carbonyl (C=O) groups excluding carboxylic acids is 1. The number of rotatable bonds is 0. The van der Waals surface area contributed by atoms with Gasteiger partial charge in [-0.05, 0) is 0 Å². The van der Waals surface area contributed by atoms with Crippen LogP contribution >= 0.6 is 0 Å². The Hall–Kier alpha value is -0.887. The number of halogens is 1. The van der Waals surface area contributed by atoms with Crippen molar-refractivity contribution in [3.8, 4) is 0 Å². The van der Waals surface area contributed by atoms with Gasteiger partial charge < -0.3 is 9.90 Å². The zero-order valence-corrected chi connectivity index (χ0v) is 12.9. The molecule has 0 radical (unpaired) electrons. The average molecular weight is 276 g/mol. The quantitative estimate of drug-likeness (QED) is 0.501. The summed E-state index contributed by atoms with van der Waals surface area (Å²) in [5, 5.41) is 9.91. The van der Waals surface area contributed by atoms with Crippen LogP contribution in [-0.4, -0.2) is 5.97 Å². The van der Waals surface area contributed by atoms with Gasteiger partial charge in [-0.3, -0.25) is 4.39 Å². The molecule has 0 unspecified atom stereocenters. The topological polar surface area (TPSA) is 40.1 Å². The molecule has 0 N–H and O–H groups in total. The van der Waals surface area contributed by atoms with Gasteiger partial charge in [0.25, 0.3) is 0 Å². The third kappa shape index (κ3) is 8.42. The van der Waals surface area contributed by atoms with Crippen molar-refractivity contribution in [3.05, 3.63) is 42.6 Å². The molecule has 0 atom stereocenters. The van der Waals surface area contributed by atoms with E-state index >= 15 is 0 Å². The Labute approximate surface area is 109 Å². The van der Waals surface area contributed by atoms with Gasteiger partial charge in [0, 0.05) is 17.2 Å².